The van der Waals surface area contributed by atoms with Gasteiger partial charge < -0.3 is 14.2 Å². The number of allylic oxidation sites excluding steroid dienone is 4. The number of ether oxygens (including phenoxy) is 3. The Balaban J connectivity index is 4.07. The zero-order valence-corrected chi connectivity index (χ0v) is 54.4. The number of rotatable bonds is 68. The van der Waals surface area contributed by atoms with Crippen molar-refractivity contribution < 1.29 is 28.6 Å². The fourth-order valence-corrected chi connectivity index (χ4v) is 11.2. The summed E-state index contributed by atoms with van der Waals surface area (Å²) < 4.78 is 17.0. The normalized spacial score (nSPS) is 12.1. The number of esters is 3. The third-order valence-corrected chi connectivity index (χ3v) is 16.7. The van der Waals surface area contributed by atoms with Crippen LogP contribution in [0.15, 0.2) is 24.3 Å². The van der Waals surface area contributed by atoms with E-state index in [1.54, 1.807) is 0 Å². The Morgan fingerprint density at radius 1 is 0.250 bits per heavy atom. The highest BCUT2D eigenvalue weighted by molar-refractivity contribution is 5.71. The molecule has 0 aromatic rings. The minimum absolute atomic E-state index is 0.0628. The van der Waals surface area contributed by atoms with Crippen LogP contribution in [0.4, 0.5) is 0 Å². The largest absolute Gasteiger partial charge is 0.462 e. The van der Waals surface area contributed by atoms with Crippen molar-refractivity contribution in [2.24, 2.45) is 0 Å². The third-order valence-electron chi connectivity index (χ3n) is 16.7. The van der Waals surface area contributed by atoms with Crippen molar-refractivity contribution in [3.8, 4) is 0 Å². The molecular formula is C74H140O6. The number of carbonyl (C=O) groups excluding carboxylic acids is 3. The molecule has 0 heterocycles. The van der Waals surface area contributed by atoms with Gasteiger partial charge in [-0.1, -0.05) is 366 Å². The van der Waals surface area contributed by atoms with Gasteiger partial charge >= 0.3 is 17.9 Å². The van der Waals surface area contributed by atoms with Gasteiger partial charge in [0.25, 0.3) is 0 Å². The fourth-order valence-electron chi connectivity index (χ4n) is 11.2. The van der Waals surface area contributed by atoms with Crippen LogP contribution in [-0.2, 0) is 28.6 Å². The zero-order chi connectivity index (χ0) is 57.8. The molecule has 0 aliphatic rings. The summed E-state index contributed by atoms with van der Waals surface area (Å²) in [6, 6.07) is 0. The molecule has 0 amide bonds. The minimum atomic E-state index is -0.765. The molecule has 0 aromatic heterocycles. The van der Waals surface area contributed by atoms with Gasteiger partial charge in [0.1, 0.15) is 13.2 Å². The van der Waals surface area contributed by atoms with Crippen molar-refractivity contribution in [3.63, 3.8) is 0 Å². The molecule has 80 heavy (non-hydrogen) atoms. The van der Waals surface area contributed by atoms with Crippen LogP contribution < -0.4 is 0 Å². The highest BCUT2D eigenvalue weighted by atomic mass is 16.6. The summed E-state index contributed by atoms with van der Waals surface area (Å²) in [5.41, 5.74) is 0. The molecule has 0 saturated carbocycles. The van der Waals surface area contributed by atoms with E-state index in [4.69, 9.17) is 14.2 Å². The van der Waals surface area contributed by atoms with E-state index in [1.807, 2.05) is 0 Å². The smallest absolute Gasteiger partial charge is 0.306 e. The Labute approximate surface area is 500 Å². The first-order valence-corrected chi connectivity index (χ1v) is 36.3. The average Bonchev–Trinajstić information content (AvgIpc) is 3.46. The van der Waals surface area contributed by atoms with Crippen LogP contribution in [0, 0.1) is 0 Å². The van der Waals surface area contributed by atoms with Gasteiger partial charge in [-0.3, -0.25) is 14.4 Å². The molecule has 0 bridgehead atoms. The molecular weight excluding hydrogens is 985 g/mol. The van der Waals surface area contributed by atoms with Crippen molar-refractivity contribution in [3.05, 3.63) is 24.3 Å². The van der Waals surface area contributed by atoms with Crippen molar-refractivity contribution in [2.75, 3.05) is 13.2 Å². The van der Waals surface area contributed by atoms with E-state index in [-0.39, 0.29) is 31.1 Å². The Morgan fingerprint density at radius 3 is 0.688 bits per heavy atom. The van der Waals surface area contributed by atoms with Crippen molar-refractivity contribution >= 4 is 17.9 Å². The summed E-state index contributed by atoms with van der Waals surface area (Å²) in [6.07, 6.45) is 85.1. The van der Waals surface area contributed by atoms with E-state index in [2.05, 4.69) is 45.1 Å². The van der Waals surface area contributed by atoms with Gasteiger partial charge in [0.05, 0.1) is 0 Å². The lowest BCUT2D eigenvalue weighted by Gasteiger charge is -2.18. The van der Waals surface area contributed by atoms with E-state index in [0.717, 1.165) is 64.2 Å². The summed E-state index contributed by atoms with van der Waals surface area (Å²) in [6.45, 7) is 6.71. The molecule has 0 N–H and O–H groups in total. The van der Waals surface area contributed by atoms with Gasteiger partial charge in [-0.05, 0) is 51.4 Å². The van der Waals surface area contributed by atoms with Gasteiger partial charge in [-0.15, -0.1) is 0 Å². The Bertz CT molecular complexity index is 1290. The summed E-state index contributed by atoms with van der Waals surface area (Å²) >= 11 is 0. The first kappa shape index (κ1) is 77.9. The molecule has 472 valence electrons. The first-order chi connectivity index (χ1) is 39.5. The maximum Gasteiger partial charge on any atom is 0.306 e. The van der Waals surface area contributed by atoms with Crippen LogP contribution in [0.25, 0.3) is 0 Å². The van der Waals surface area contributed by atoms with Crippen molar-refractivity contribution in [1.29, 1.82) is 0 Å². The second-order valence-corrected chi connectivity index (χ2v) is 24.9. The van der Waals surface area contributed by atoms with E-state index in [0.29, 0.717) is 19.3 Å². The monoisotopic (exact) mass is 1130 g/mol. The predicted octanol–water partition coefficient (Wildman–Crippen LogP) is 25.0. The van der Waals surface area contributed by atoms with E-state index in [1.165, 1.54) is 308 Å². The first-order valence-electron chi connectivity index (χ1n) is 36.3. The van der Waals surface area contributed by atoms with Crippen LogP contribution in [0.1, 0.15) is 412 Å². The molecule has 1 atom stereocenters. The van der Waals surface area contributed by atoms with Crippen LogP contribution in [0.3, 0.4) is 0 Å². The Kier molecular flexibility index (Phi) is 67.6. The maximum absolute atomic E-state index is 12.9. The zero-order valence-electron chi connectivity index (χ0n) is 54.4. The second-order valence-electron chi connectivity index (χ2n) is 24.9. The number of hydrogen-bond donors (Lipinski definition) is 0. The summed E-state index contributed by atoms with van der Waals surface area (Å²) in [4.78, 5) is 38.4. The standard InChI is InChI=1S/C74H140O6/c1-4-7-10-13-16-19-22-25-27-29-30-31-32-33-34-35-36-37-38-39-40-41-42-43-44-46-47-49-52-55-58-61-64-67-73(76)79-70-71(69-78-72(75)66-63-60-57-54-51-24-21-18-15-12-9-6-3)80-74(77)68-65-62-59-56-53-50-48-45-28-26-23-20-17-14-11-8-5-2/h22,25,29-30,71H,4-21,23-24,26-28,31-70H2,1-3H3/b25-22-,30-29-. The lowest BCUT2D eigenvalue weighted by Crippen LogP contribution is -2.30. The van der Waals surface area contributed by atoms with Crippen LogP contribution >= 0.6 is 0 Å². The fraction of sp³-hybridized carbons (Fsp3) is 0.905. The Hall–Kier alpha value is -2.11. The predicted molar refractivity (Wildman–Crippen MR) is 349 cm³/mol. The molecule has 0 spiro atoms. The molecule has 0 aromatic carbocycles. The highest BCUT2D eigenvalue weighted by Gasteiger charge is 2.19. The van der Waals surface area contributed by atoms with Crippen molar-refractivity contribution in [1.82, 2.24) is 0 Å². The molecule has 0 aliphatic heterocycles. The van der Waals surface area contributed by atoms with Gasteiger partial charge in [0.2, 0.25) is 0 Å². The number of hydrogen-bond acceptors (Lipinski definition) is 6. The van der Waals surface area contributed by atoms with Crippen LogP contribution in [-0.4, -0.2) is 37.2 Å². The second kappa shape index (κ2) is 69.4. The molecule has 1 unspecified atom stereocenters. The maximum atomic E-state index is 12.9. The van der Waals surface area contributed by atoms with Crippen molar-refractivity contribution in [2.45, 2.75) is 419 Å². The molecule has 6 heteroatoms. The highest BCUT2D eigenvalue weighted by Crippen LogP contribution is 2.19. The SMILES string of the molecule is CCCCCCC/C=C\C/C=C\CCCCCCCCCCCCCCCCCCCCCCCC(=O)OCC(COC(=O)CCCCCCCCCCCCCC)OC(=O)CCCCCCCCCCCCCCCCCCC. The molecule has 0 fully saturated rings. The van der Waals surface area contributed by atoms with Gasteiger partial charge in [-0.25, -0.2) is 0 Å². The lowest BCUT2D eigenvalue weighted by molar-refractivity contribution is -0.167. The molecule has 0 rings (SSSR count). The van der Waals surface area contributed by atoms with Gasteiger partial charge in [-0.2, -0.15) is 0 Å². The summed E-state index contributed by atoms with van der Waals surface area (Å²) in [7, 11) is 0. The van der Waals surface area contributed by atoms with Crippen LogP contribution in [0.5, 0.6) is 0 Å². The van der Waals surface area contributed by atoms with E-state index >= 15 is 0 Å². The Morgan fingerprint density at radius 2 is 0.450 bits per heavy atom. The van der Waals surface area contributed by atoms with Gasteiger partial charge in [0, 0.05) is 19.3 Å². The molecule has 0 aliphatic carbocycles. The van der Waals surface area contributed by atoms with E-state index in [9.17, 15) is 14.4 Å². The van der Waals surface area contributed by atoms with Gasteiger partial charge in [0.15, 0.2) is 6.10 Å². The summed E-state index contributed by atoms with van der Waals surface area (Å²) in [5, 5.41) is 0. The minimum Gasteiger partial charge on any atom is -0.462 e. The van der Waals surface area contributed by atoms with Crippen LogP contribution in [0.2, 0.25) is 0 Å². The molecule has 0 radical (unpaired) electrons. The van der Waals surface area contributed by atoms with E-state index < -0.39 is 6.10 Å². The quantitative estimate of drug-likeness (QED) is 0.0261. The topological polar surface area (TPSA) is 78.9 Å². The average molecular weight is 1130 g/mol. The lowest BCUT2D eigenvalue weighted by atomic mass is 10.0. The molecule has 0 saturated heterocycles. The number of unbranched alkanes of at least 4 members (excludes halogenated alkanes) is 53. The third kappa shape index (κ3) is 66.7. The number of carbonyl (C=O) groups is 3. The molecule has 6 nitrogen and oxygen atoms in total. The summed E-state index contributed by atoms with van der Waals surface area (Å²) in [5.74, 6) is -0.828.